The van der Waals surface area contributed by atoms with Crippen molar-refractivity contribution >= 4 is 0 Å². The van der Waals surface area contributed by atoms with Gasteiger partial charge in [-0.25, -0.2) is 8.78 Å². The Kier molecular flexibility index (Phi) is 3.31. The zero-order valence-corrected chi connectivity index (χ0v) is 10.8. The molecule has 1 heterocycles. The summed E-state index contributed by atoms with van der Waals surface area (Å²) in [6.45, 7) is 0.719. The molecular formula is C15H19F2NO. The second-order valence-electron chi connectivity index (χ2n) is 5.81. The third-order valence-electron chi connectivity index (χ3n) is 4.69. The maximum atomic E-state index is 13.4. The molecule has 4 heteroatoms. The second kappa shape index (κ2) is 4.84. The van der Waals surface area contributed by atoms with E-state index in [2.05, 4.69) is 5.32 Å². The predicted molar refractivity (Wildman–Crippen MR) is 68.6 cm³/mol. The Balaban J connectivity index is 1.92. The monoisotopic (exact) mass is 267 g/mol. The number of hydrogen-bond acceptors (Lipinski definition) is 2. The summed E-state index contributed by atoms with van der Waals surface area (Å²) in [5, 5.41) is 14.1. The molecule has 0 unspecified atom stereocenters. The van der Waals surface area contributed by atoms with E-state index >= 15 is 0 Å². The molecule has 3 rings (SSSR count). The molecule has 1 aromatic carbocycles. The molecule has 0 amide bonds. The average molecular weight is 267 g/mol. The van der Waals surface area contributed by atoms with E-state index in [0.29, 0.717) is 0 Å². The van der Waals surface area contributed by atoms with Crippen LogP contribution in [-0.2, 0) is 0 Å². The average Bonchev–Trinajstić information content (AvgIpc) is 2.40. The van der Waals surface area contributed by atoms with Crippen LogP contribution >= 0.6 is 0 Å². The zero-order valence-electron chi connectivity index (χ0n) is 10.8. The minimum atomic E-state index is -0.821. The van der Waals surface area contributed by atoms with Gasteiger partial charge in [0.15, 0.2) is 11.6 Å². The summed E-state index contributed by atoms with van der Waals surface area (Å²) >= 11 is 0. The van der Waals surface area contributed by atoms with Crippen molar-refractivity contribution in [2.45, 2.75) is 43.7 Å². The van der Waals surface area contributed by atoms with Crippen molar-refractivity contribution in [2.75, 3.05) is 6.54 Å². The molecular weight excluding hydrogens is 248 g/mol. The van der Waals surface area contributed by atoms with E-state index in [4.69, 9.17) is 0 Å². The Bertz CT molecular complexity index is 475. The van der Waals surface area contributed by atoms with E-state index in [9.17, 15) is 13.9 Å². The van der Waals surface area contributed by atoms with Gasteiger partial charge in [0.05, 0.1) is 5.60 Å². The highest BCUT2D eigenvalue weighted by Crippen LogP contribution is 2.45. The number of fused-ring (bicyclic) bond motifs is 1. The third kappa shape index (κ3) is 2.28. The predicted octanol–water partition coefficient (Wildman–Crippen LogP) is 2.92. The maximum absolute atomic E-state index is 13.4. The third-order valence-corrected chi connectivity index (χ3v) is 4.69. The molecule has 0 spiro atoms. The number of rotatable bonds is 1. The van der Waals surface area contributed by atoms with Gasteiger partial charge in [-0.3, -0.25) is 0 Å². The SMILES string of the molecule is O[C@]12CCCC[C@H]1[C@@H](c1ccc(F)c(F)c1)NCC2. The molecule has 19 heavy (non-hydrogen) atoms. The van der Waals surface area contributed by atoms with Gasteiger partial charge in [0.25, 0.3) is 0 Å². The first kappa shape index (κ1) is 13.0. The van der Waals surface area contributed by atoms with Crippen molar-refractivity contribution < 1.29 is 13.9 Å². The summed E-state index contributed by atoms with van der Waals surface area (Å²) in [5.41, 5.74) is 0.0999. The van der Waals surface area contributed by atoms with Gasteiger partial charge in [-0.2, -0.15) is 0 Å². The van der Waals surface area contributed by atoms with Crippen LogP contribution in [0.25, 0.3) is 0 Å². The molecule has 2 N–H and O–H groups in total. The first-order valence-corrected chi connectivity index (χ1v) is 7.01. The summed E-state index contributed by atoms with van der Waals surface area (Å²) < 4.78 is 26.4. The largest absolute Gasteiger partial charge is 0.389 e. The molecule has 1 aliphatic heterocycles. The number of aliphatic hydroxyl groups is 1. The molecule has 104 valence electrons. The lowest BCUT2D eigenvalue weighted by Crippen LogP contribution is -2.53. The summed E-state index contributed by atoms with van der Waals surface area (Å²) in [7, 11) is 0. The number of piperidine rings is 1. The van der Waals surface area contributed by atoms with Gasteiger partial charge in [-0.05, 0) is 43.5 Å². The van der Waals surface area contributed by atoms with Crippen LogP contribution < -0.4 is 5.32 Å². The first-order valence-electron chi connectivity index (χ1n) is 7.01. The van der Waals surface area contributed by atoms with Gasteiger partial charge in [0.2, 0.25) is 0 Å². The van der Waals surface area contributed by atoms with E-state index < -0.39 is 17.2 Å². The van der Waals surface area contributed by atoms with Gasteiger partial charge in [-0.1, -0.05) is 18.9 Å². The van der Waals surface area contributed by atoms with Crippen LogP contribution in [0.5, 0.6) is 0 Å². The van der Waals surface area contributed by atoms with Gasteiger partial charge < -0.3 is 10.4 Å². The highest BCUT2D eigenvalue weighted by atomic mass is 19.2. The number of halogens is 2. The summed E-state index contributed by atoms with van der Waals surface area (Å²) in [6.07, 6.45) is 4.65. The fraction of sp³-hybridized carbons (Fsp3) is 0.600. The Morgan fingerprint density at radius 2 is 2.00 bits per heavy atom. The van der Waals surface area contributed by atoms with Crippen molar-refractivity contribution in [1.82, 2.24) is 5.32 Å². The standard InChI is InChI=1S/C15H19F2NO/c16-12-5-4-10(9-13(12)17)14-11-3-1-2-6-15(11,19)7-8-18-14/h4-5,9,11,14,18-19H,1-3,6-8H2/t11-,14+,15-/m0/s1. The fourth-order valence-corrected chi connectivity index (χ4v) is 3.68. The molecule has 0 radical (unpaired) electrons. The Hall–Kier alpha value is -1.00. The topological polar surface area (TPSA) is 32.3 Å². The highest BCUT2D eigenvalue weighted by Gasteiger charge is 2.45. The molecule has 0 aromatic heterocycles. The van der Waals surface area contributed by atoms with Crippen molar-refractivity contribution in [3.05, 3.63) is 35.4 Å². The highest BCUT2D eigenvalue weighted by molar-refractivity contribution is 5.24. The van der Waals surface area contributed by atoms with Crippen LogP contribution in [0.3, 0.4) is 0 Å². The van der Waals surface area contributed by atoms with Crippen molar-refractivity contribution in [3.8, 4) is 0 Å². The van der Waals surface area contributed by atoms with Crippen molar-refractivity contribution in [3.63, 3.8) is 0 Å². The van der Waals surface area contributed by atoms with Crippen LogP contribution in [-0.4, -0.2) is 17.3 Å². The lowest BCUT2D eigenvalue weighted by molar-refractivity contribution is -0.0861. The van der Waals surface area contributed by atoms with E-state index in [1.807, 2.05) is 0 Å². The van der Waals surface area contributed by atoms with Gasteiger partial charge in [-0.15, -0.1) is 0 Å². The lowest BCUT2D eigenvalue weighted by Gasteiger charge is -2.48. The Morgan fingerprint density at radius 3 is 2.79 bits per heavy atom. The smallest absolute Gasteiger partial charge is 0.159 e. The number of benzene rings is 1. The summed E-state index contributed by atoms with van der Waals surface area (Å²) in [6, 6.07) is 3.97. The molecule has 2 aliphatic rings. The zero-order chi connectivity index (χ0) is 13.5. The molecule has 0 bridgehead atoms. The lowest BCUT2D eigenvalue weighted by atomic mass is 9.67. The van der Waals surface area contributed by atoms with E-state index in [1.54, 1.807) is 6.07 Å². The number of hydrogen-bond donors (Lipinski definition) is 2. The van der Waals surface area contributed by atoms with E-state index in [0.717, 1.165) is 44.2 Å². The van der Waals surface area contributed by atoms with Crippen LogP contribution in [0.4, 0.5) is 8.78 Å². The normalized spacial score (nSPS) is 34.9. The van der Waals surface area contributed by atoms with Crippen molar-refractivity contribution in [2.24, 2.45) is 5.92 Å². The Labute approximate surface area is 111 Å². The van der Waals surface area contributed by atoms with Crippen LogP contribution in [0, 0.1) is 17.6 Å². The number of nitrogens with one attached hydrogen (secondary N) is 1. The van der Waals surface area contributed by atoms with Crippen LogP contribution in [0.2, 0.25) is 0 Å². The summed E-state index contributed by atoms with van der Waals surface area (Å²) in [4.78, 5) is 0. The molecule has 1 saturated heterocycles. The van der Waals surface area contributed by atoms with Crippen LogP contribution in [0.1, 0.15) is 43.7 Å². The minimum Gasteiger partial charge on any atom is -0.389 e. The molecule has 1 aromatic rings. The van der Waals surface area contributed by atoms with E-state index in [1.165, 1.54) is 12.1 Å². The van der Waals surface area contributed by atoms with Gasteiger partial charge >= 0.3 is 0 Å². The summed E-state index contributed by atoms with van der Waals surface area (Å²) in [5.74, 6) is -1.54. The molecule has 2 nitrogen and oxygen atoms in total. The molecule has 1 saturated carbocycles. The van der Waals surface area contributed by atoms with Gasteiger partial charge in [0.1, 0.15) is 0 Å². The minimum absolute atomic E-state index is 0.0749. The first-order chi connectivity index (χ1) is 9.10. The van der Waals surface area contributed by atoms with E-state index in [-0.39, 0.29) is 12.0 Å². The van der Waals surface area contributed by atoms with Gasteiger partial charge in [0, 0.05) is 12.0 Å². The van der Waals surface area contributed by atoms with Crippen LogP contribution in [0.15, 0.2) is 18.2 Å². The quantitative estimate of drug-likeness (QED) is 0.820. The molecule has 3 atom stereocenters. The van der Waals surface area contributed by atoms with Crippen molar-refractivity contribution in [1.29, 1.82) is 0 Å². The molecule has 1 aliphatic carbocycles. The Morgan fingerprint density at radius 1 is 1.16 bits per heavy atom. The second-order valence-corrected chi connectivity index (χ2v) is 5.81. The molecule has 2 fully saturated rings. The maximum Gasteiger partial charge on any atom is 0.159 e. The fourth-order valence-electron chi connectivity index (χ4n) is 3.68.